The molecule has 1 atom stereocenters. The lowest BCUT2D eigenvalue weighted by atomic mass is 10.1. The van der Waals surface area contributed by atoms with Crippen LogP contribution in [0.5, 0.6) is 0 Å². The molecule has 9 nitrogen and oxygen atoms in total. The van der Waals surface area contributed by atoms with Gasteiger partial charge in [-0.05, 0) is 12.5 Å². The Kier molecular flexibility index (Phi) is 4.18. The highest BCUT2D eigenvalue weighted by Crippen LogP contribution is 2.29. The van der Waals surface area contributed by atoms with Crippen LogP contribution in [-0.4, -0.2) is 48.8 Å². The lowest BCUT2D eigenvalue weighted by Gasteiger charge is -2.17. The third-order valence-corrected chi connectivity index (χ3v) is 4.56. The predicted molar refractivity (Wildman–Crippen MR) is 99.4 cm³/mol. The topological polar surface area (TPSA) is 130 Å². The van der Waals surface area contributed by atoms with Crippen LogP contribution < -0.4 is 10.6 Å². The van der Waals surface area contributed by atoms with Crippen molar-refractivity contribution in [1.82, 2.24) is 24.5 Å². The van der Waals surface area contributed by atoms with E-state index in [0.29, 0.717) is 53.9 Å². The SMILES string of the molecule is Cn1ccnc1-c1cc(N)c(C#N)c(-c2cncc(N3CCC(O)C3)n2)n1. The average molecular weight is 362 g/mol. The standard InChI is InChI=1S/C18H18N8O/c1-25-5-3-22-18(25)14-6-13(20)12(7-19)17(24-14)15-8-21-9-16(23-15)26-4-2-11(27)10-26/h3,5-6,8-9,11,27H,2,4,10H2,1H3,(H2,20,24). The molecule has 3 aromatic rings. The molecular formula is C18H18N8O. The minimum absolute atomic E-state index is 0.251. The number of nitrogens with two attached hydrogens (primary N) is 1. The summed E-state index contributed by atoms with van der Waals surface area (Å²) in [6.45, 7) is 1.21. The van der Waals surface area contributed by atoms with E-state index < -0.39 is 0 Å². The first-order valence-corrected chi connectivity index (χ1v) is 8.50. The van der Waals surface area contributed by atoms with Crippen molar-refractivity contribution >= 4 is 11.5 Å². The molecule has 1 aliphatic heterocycles. The number of hydrogen-bond donors (Lipinski definition) is 2. The highest BCUT2D eigenvalue weighted by atomic mass is 16.3. The van der Waals surface area contributed by atoms with Gasteiger partial charge in [0, 0.05) is 32.5 Å². The Hall–Kier alpha value is -3.51. The van der Waals surface area contributed by atoms with Crippen LogP contribution in [0, 0.1) is 11.3 Å². The zero-order valence-corrected chi connectivity index (χ0v) is 14.7. The van der Waals surface area contributed by atoms with Crippen LogP contribution in [0.25, 0.3) is 22.9 Å². The summed E-state index contributed by atoms with van der Waals surface area (Å²) in [5, 5.41) is 19.3. The highest BCUT2D eigenvalue weighted by molar-refractivity contribution is 5.76. The third-order valence-electron chi connectivity index (χ3n) is 4.56. The predicted octanol–water partition coefficient (Wildman–Crippen LogP) is 0.964. The molecule has 0 amide bonds. The molecule has 0 spiro atoms. The lowest BCUT2D eigenvalue weighted by molar-refractivity contribution is 0.198. The van der Waals surface area contributed by atoms with Crippen molar-refractivity contribution in [2.75, 3.05) is 23.7 Å². The van der Waals surface area contributed by atoms with Gasteiger partial charge in [-0.1, -0.05) is 0 Å². The Bertz CT molecular complexity index is 1040. The van der Waals surface area contributed by atoms with Crippen molar-refractivity contribution in [3.05, 3.63) is 36.4 Å². The molecule has 1 fully saturated rings. The van der Waals surface area contributed by atoms with Gasteiger partial charge in [-0.3, -0.25) is 4.98 Å². The zero-order valence-electron chi connectivity index (χ0n) is 14.7. The Morgan fingerprint density at radius 2 is 2.15 bits per heavy atom. The molecule has 0 bridgehead atoms. The van der Waals surface area contributed by atoms with Gasteiger partial charge < -0.3 is 20.3 Å². The highest BCUT2D eigenvalue weighted by Gasteiger charge is 2.23. The van der Waals surface area contributed by atoms with Crippen LogP contribution in [0.2, 0.25) is 0 Å². The first-order chi connectivity index (χ1) is 13.1. The zero-order chi connectivity index (χ0) is 19.0. The summed E-state index contributed by atoms with van der Waals surface area (Å²) in [5.74, 6) is 1.27. The fraction of sp³-hybridized carbons (Fsp3) is 0.278. The van der Waals surface area contributed by atoms with Gasteiger partial charge >= 0.3 is 0 Å². The Labute approximate surface area is 155 Å². The van der Waals surface area contributed by atoms with E-state index in [9.17, 15) is 10.4 Å². The number of nitriles is 1. The summed E-state index contributed by atoms with van der Waals surface area (Å²) in [6.07, 6.45) is 7.00. The van der Waals surface area contributed by atoms with Crippen molar-refractivity contribution in [2.24, 2.45) is 7.05 Å². The minimum Gasteiger partial charge on any atom is -0.398 e. The monoisotopic (exact) mass is 362 g/mol. The molecule has 0 saturated carbocycles. The number of anilines is 2. The molecular weight excluding hydrogens is 344 g/mol. The molecule has 0 aliphatic carbocycles. The van der Waals surface area contributed by atoms with E-state index in [4.69, 9.17) is 5.73 Å². The molecule has 9 heteroatoms. The van der Waals surface area contributed by atoms with Crippen LogP contribution in [0.15, 0.2) is 30.9 Å². The van der Waals surface area contributed by atoms with E-state index in [1.54, 1.807) is 24.7 Å². The quantitative estimate of drug-likeness (QED) is 0.705. The van der Waals surface area contributed by atoms with Gasteiger partial charge in [0.15, 0.2) is 5.82 Å². The number of rotatable bonds is 3. The Morgan fingerprint density at radius 1 is 1.30 bits per heavy atom. The van der Waals surface area contributed by atoms with Crippen LogP contribution in [0.1, 0.15) is 12.0 Å². The number of nitrogen functional groups attached to an aromatic ring is 1. The number of aryl methyl sites for hydroxylation is 1. The molecule has 1 unspecified atom stereocenters. The van der Waals surface area contributed by atoms with Crippen molar-refractivity contribution in [3.8, 4) is 29.0 Å². The van der Waals surface area contributed by atoms with Crippen LogP contribution in [-0.2, 0) is 7.05 Å². The number of hydrogen-bond acceptors (Lipinski definition) is 8. The molecule has 3 N–H and O–H groups in total. The molecule has 3 aromatic heterocycles. The second-order valence-electron chi connectivity index (χ2n) is 6.44. The lowest BCUT2D eigenvalue weighted by Crippen LogP contribution is -2.22. The second-order valence-corrected chi connectivity index (χ2v) is 6.44. The second kappa shape index (κ2) is 6.66. The maximum absolute atomic E-state index is 9.76. The number of nitrogens with zero attached hydrogens (tertiary/aromatic N) is 7. The minimum atomic E-state index is -0.370. The van der Waals surface area contributed by atoms with Crippen LogP contribution >= 0.6 is 0 Å². The number of pyridine rings is 1. The van der Waals surface area contributed by atoms with Gasteiger partial charge in [0.25, 0.3) is 0 Å². The number of aliphatic hydroxyl groups excluding tert-OH is 1. The maximum atomic E-state index is 9.76. The molecule has 1 aliphatic rings. The molecule has 136 valence electrons. The van der Waals surface area contributed by atoms with E-state index in [-0.39, 0.29) is 11.7 Å². The van der Waals surface area contributed by atoms with Gasteiger partial charge in [0.05, 0.1) is 24.2 Å². The molecule has 4 heterocycles. The normalized spacial score (nSPS) is 16.5. The summed E-state index contributed by atoms with van der Waals surface area (Å²) in [7, 11) is 1.86. The van der Waals surface area contributed by atoms with Gasteiger partial charge in [0.1, 0.15) is 34.5 Å². The van der Waals surface area contributed by atoms with E-state index in [1.807, 2.05) is 22.7 Å². The molecule has 0 aromatic carbocycles. The molecule has 1 saturated heterocycles. The average Bonchev–Trinajstić information content (AvgIpc) is 3.29. The molecule has 27 heavy (non-hydrogen) atoms. The Morgan fingerprint density at radius 3 is 2.81 bits per heavy atom. The Balaban J connectivity index is 1.82. The van der Waals surface area contributed by atoms with Crippen LogP contribution in [0.3, 0.4) is 0 Å². The number of aliphatic hydroxyl groups is 1. The molecule has 4 rings (SSSR count). The number of aromatic nitrogens is 5. The van der Waals surface area contributed by atoms with Gasteiger partial charge in [-0.2, -0.15) is 5.26 Å². The first-order valence-electron chi connectivity index (χ1n) is 8.50. The van der Waals surface area contributed by atoms with E-state index >= 15 is 0 Å². The number of β-amino-alcohol motifs (C(OH)–C–C–N with tert-alkyl or cyclic N) is 1. The van der Waals surface area contributed by atoms with Gasteiger partial charge in [-0.25, -0.2) is 15.0 Å². The maximum Gasteiger partial charge on any atom is 0.158 e. The van der Waals surface area contributed by atoms with E-state index in [0.717, 1.165) is 0 Å². The summed E-state index contributed by atoms with van der Waals surface area (Å²) in [6, 6.07) is 3.75. The van der Waals surface area contributed by atoms with Crippen molar-refractivity contribution in [3.63, 3.8) is 0 Å². The fourth-order valence-electron chi connectivity index (χ4n) is 3.17. The summed E-state index contributed by atoms with van der Waals surface area (Å²) in [4.78, 5) is 19.7. The van der Waals surface area contributed by atoms with E-state index in [2.05, 4.69) is 26.0 Å². The van der Waals surface area contributed by atoms with Crippen molar-refractivity contribution in [2.45, 2.75) is 12.5 Å². The largest absolute Gasteiger partial charge is 0.398 e. The van der Waals surface area contributed by atoms with Gasteiger partial charge in [0.2, 0.25) is 0 Å². The van der Waals surface area contributed by atoms with E-state index in [1.165, 1.54) is 0 Å². The molecule has 0 radical (unpaired) electrons. The number of imidazole rings is 1. The smallest absolute Gasteiger partial charge is 0.158 e. The van der Waals surface area contributed by atoms with Crippen LogP contribution in [0.4, 0.5) is 11.5 Å². The summed E-state index contributed by atoms with van der Waals surface area (Å²) >= 11 is 0. The van der Waals surface area contributed by atoms with Crippen molar-refractivity contribution < 1.29 is 5.11 Å². The first kappa shape index (κ1) is 16.9. The van der Waals surface area contributed by atoms with Crippen molar-refractivity contribution in [1.29, 1.82) is 5.26 Å². The summed E-state index contributed by atoms with van der Waals surface area (Å²) < 4.78 is 1.82. The summed E-state index contributed by atoms with van der Waals surface area (Å²) in [5.41, 5.74) is 8.04. The van der Waals surface area contributed by atoms with Gasteiger partial charge in [-0.15, -0.1) is 0 Å². The third kappa shape index (κ3) is 3.07. The fourth-order valence-corrected chi connectivity index (χ4v) is 3.17.